The lowest BCUT2D eigenvalue weighted by atomic mass is 10.2. The van der Waals surface area contributed by atoms with Crippen LogP contribution in [0.3, 0.4) is 0 Å². The van der Waals surface area contributed by atoms with Gasteiger partial charge in [-0.1, -0.05) is 11.6 Å². The van der Waals surface area contributed by atoms with Crippen LogP contribution in [-0.2, 0) is 0 Å². The minimum atomic E-state index is -2.64. The number of hydrogen-bond donors (Lipinski definition) is 2. The third-order valence-corrected chi connectivity index (χ3v) is 5.82. The Morgan fingerprint density at radius 1 is 1.06 bits per heavy atom. The molecule has 0 bridgehead atoms. The highest BCUT2D eigenvalue weighted by Crippen LogP contribution is 2.37. The first kappa shape index (κ1) is 18.2. The number of ether oxygens (including phenoxy) is 3. The fourth-order valence-corrected chi connectivity index (χ4v) is 3.86. The van der Waals surface area contributed by atoms with Crippen LogP contribution in [0.1, 0.15) is 4.11 Å². The van der Waals surface area contributed by atoms with E-state index in [4.69, 9.17) is 29.9 Å². The van der Waals surface area contributed by atoms with Gasteiger partial charge >= 0.3 is 0 Å². The highest BCUT2D eigenvalue weighted by atomic mass is 35.5. The Morgan fingerprint density at radius 3 is 2.83 bits per heavy atom. The quantitative estimate of drug-likeness (QED) is 0.345. The van der Waals surface area contributed by atoms with E-state index in [-0.39, 0.29) is 11.9 Å². The summed E-state index contributed by atoms with van der Waals surface area (Å²) in [7, 11) is -2.64. The van der Waals surface area contributed by atoms with E-state index in [9.17, 15) is 0 Å². The number of fused-ring (bicyclic) bond motifs is 2. The molecule has 2 aromatic carbocycles. The normalized spacial score (nSPS) is 15.2. The SMILES string of the molecule is [2H]C([2H])([2H])Oc1cc2ncnc(Nc3ccc(Oc4ccn5ncnc5c4)c(Cl)c3)c2cc1OC1CNC1. The molecule has 11 heteroatoms. The Labute approximate surface area is 209 Å². The van der Waals surface area contributed by atoms with Crippen LogP contribution in [0.15, 0.2) is 61.3 Å². The van der Waals surface area contributed by atoms with Gasteiger partial charge in [0.05, 0.1) is 21.7 Å². The standard InChI is InChI=1S/C24H20ClN7O3/c1-33-21-9-19-17(8-22(21)35-16-10-26-11-16)24(29-12-27-19)31-14-2-3-20(18(25)6-14)34-15-4-5-32-23(7-15)28-13-30-32/h2-9,12-13,16,26H,10-11H2,1H3,(H,27,29,31)/i1D3. The van der Waals surface area contributed by atoms with E-state index in [2.05, 4.69) is 30.7 Å². The number of rotatable bonds is 7. The summed E-state index contributed by atoms with van der Waals surface area (Å²) in [5, 5.41) is 11.4. The summed E-state index contributed by atoms with van der Waals surface area (Å²) in [6.07, 6.45) is 4.49. The third kappa shape index (κ3) is 4.25. The molecular weight excluding hydrogens is 470 g/mol. The molecule has 35 heavy (non-hydrogen) atoms. The van der Waals surface area contributed by atoms with E-state index >= 15 is 0 Å². The average Bonchev–Trinajstić information content (AvgIpc) is 3.30. The van der Waals surface area contributed by atoms with E-state index in [1.807, 2.05) is 0 Å². The highest BCUT2D eigenvalue weighted by Gasteiger charge is 2.21. The monoisotopic (exact) mass is 492 g/mol. The Bertz CT molecular complexity index is 1640. The number of aromatic nitrogens is 5. The third-order valence-electron chi connectivity index (χ3n) is 5.52. The first-order chi connectivity index (χ1) is 18.3. The van der Waals surface area contributed by atoms with Crippen molar-refractivity contribution in [2.45, 2.75) is 6.10 Å². The molecule has 0 amide bonds. The van der Waals surface area contributed by atoms with Crippen molar-refractivity contribution < 1.29 is 18.3 Å². The van der Waals surface area contributed by atoms with Crippen molar-refractivity contribution in [3.8, 4) is 23.0 Å². The van der Waals surface area contributed by atoms with Gasteiger partial charge in [-0.25, -0.2) is 19.5 Å². The van der Waals surface area contributed by atoms with Crippen molar-refractivity contribution >= 4 is 39.7 Å². The van der Waals surface area contributed by atoms with E-state index in [0.29, 0.717) is 63.4 Å². The molecule has 1 saturated heterocycles. The molecule has 1 aliphatic rings. The van der Waals surface area contributed by atoms with Gasteiger partial charge in [0, 0.05) is 42.5 Å². The van der Waals surface area contributed by atoms with Gasteiger partial charge in [0.1, 0.15) is 36.1 Å². The zero-order chi connectivity index (χ0) is 26.3. The van der Waals surface area contributed by atoms with Crippen LogP contribution in [0.2, 0.25) is 5.02 Å². The molecule has 6 rings (SSSR count). The van der Waals surface area contributed by atoms with Crippen molar-refractivity contribution in [2.75, 3.05) is 25.4 Å². The van der Waals surface area contributed by atoms with Crippen molar-refractivity contribution in [3.63, 3.8) is 0 Å². The largest absolute Gasteiger partial charge is 0.493 e. The van der Waals surface area contributed by atoms with Gasteiger partial charge in [0.2, 0.25) is 0 Å². The molecule has 0 spiro atoms. The van der Waals surface area contributed by atoms with E-state index in [1.54, 1.807) is 47.1 Å². The molecule has 0 unspecified atom stereocenters. The van der Waals surface area contributed by atoms with Crippen molar-refractivity contribution in [1.82, 2.24) is 29.9 Å². The van der Waals surface area contributed by atoms with Crippen LogP contribution in [-0.4, -0.2) is 50.8 Å². The predicted molar refractivity (Wildman–Crippen MR) is 131 cm³/mol. The first-order valence-corrected chi connectivity index (χ1v) is 11.1. The molecule has 0 atom stereocenters. The number of benzene rings is 2. The van der Waals surface area contributed by atoms with Crippen LogP contribution in [0.25, 0.3) is 16.6 Å². The summed E-state index contributed by atoms with van der Waals surface area (Å²) in [5.74, 6) is 1.89. The Balaban J connectivity index is 1.28. The fraction of sp³-hybridized carbons (Fsp3) is 0.167. The zero-order valence-electron chi connectivity index (χ0n) is 21.1. The first-order valence-electron chi connectivity index (χ1n) is 12.2. The van der Waals surface area contributed by atoms with Gasteiger partial charge in [-0.3, -0.25) is 0 Å². The number of halogens is 1. The molecule has 0 aliphatic carbocycles. The van der Waals surface area contributed by atoms with E-state index in [1.165, 1.54) is 18.7 Å². The van der Waals surface area contributed by atoms with Gasteiger partial charge in [-0.15, -0.1) is 0 Å². The summed E-state index contributed by atoms with van der Waals surface area (Å²) in [6.45, 7) is 1.31. The number of pyridine rings is 1. The van der Waals surface area contributed by atoms with Gasteiger partial charge in [0.25, 0.3) is 0 Å². The van der Waals surface area contributed by atoms with Crippen LogP contribution in [0, 0.1) is 0 Å². The molecule has 1 fully saturated rings. The molecule has 0 radical (unpaired) electrons. The molecule has 3 aromatic heterocycles. The molecular formula is C24H20ClN7O3. The summed E-state index contributed by atoms with van der Waals surface area (Å²) >= 11 is 6.52. The maximum absolute atomic E-state index is 7.51. The molecule has 4 heterocycles. The van der Waals surface area contributed by atoms with Crippen LogP contribution in [0.4, 0.5) is 11.5 Å². The van der Waals surface area contributed by atoms with Gasteiger partial charge < -0.3 is 24.8 Å². The number of nitrogens with one attached hydrogen (secondary N) is 2. The second-order valence-electron chi connectivity index (χ2n) is 7.84. The fourth-order valence-electron chi connectivity index (χ4n) is 3.65. The minimum absolute atomic E-state index is 0.0860. The minimum Gasteiger partial charge on any atom is -0.493 e. The maximum Gasteiger partial charge on any atom is 0.162 e. The molecule has 2 N–H and O–H groups in total. The van der Waals surface area contributed by atoms with Crippen LogP contribution >= 0.6 is 11.6 Å². The molecule has 5 aromatic rings. The highest BCUT2D eigenvalue weighted by molar-refractivity contribution is 6.32. The average molecular weight is 493 g/mol. The van der Waals surface area contributed by atoms with Gasteiger partial charge in [-0.2, -0.15) is 5.10 Å². The van der Waals surface area contributed by atoms with E-state index in [0.717, 1.165) is 0 Å². The van der Waals surface area contributed by atoms with Crippen molar-refractivity contribution in [1.29, 1.82) is 0 Å². The number of hydrogen-bond acceptors (Lipinski definition) is 9. The van der Waals surface area contributed by atoms with Crippen molar-refractivity contribution in [3.05, 3.63) is 66.3 Å². The second kappa shape index (κ2) is 8.90. The summed E-state index contributed by atoms with van der Waals surface area (Å²) in [4.78, 5) is 12.8. The van der Waals surface area contributed by atoms with E-state index < -0.39 is 7.04 Å². The van der Waals surface area contributed by atoms with Crippen LogP contribution in [0.5, 0.6) is 23.0 Å². The van der Waals surface area contributed by atoms with Crippen molar-refractivity contribution in [2.24, 2.45) is 0 Å². The maximum atomic E-state index is 7.51. The lowest BCUT2D eigenvalue weighted by Crippen LogP contribution is -2.50. The Hall–Kier alpha value is -4.15. The summed E-state index contributed by atoms with van der Waals surface area (Å²) in [5.41, 5.74) is 1.79. The summed E-state index contributed by atoms with van der Waals surface area (Å²) < 4.78 is 41.3. The van der Waals surface area contributed by atoms with Crippen LogP contribution < -0.4 is 24.8 Å². The lowest BCUT2D eigenvalue weighted by Gasteiger charge is -2.28. The predicted octanol–water partition coefficient (Wildman–Crippen LogP) is 4.22. The molecule has 176 valence electrons. The molecule has 0 saturated carbocycles. The smallest absolute Gasteiger partial charge is 0.162 e. The Morgan fingerprint density at radius 2 is 2.00 bits per heavy atom. The lowest BCUT2D eigenvalue weighted by molar-refractivity contribution is 0.137. The number of methoxy groups -OCH3 is 1. The second-order valence-corrected chi connectivity index (χ2v) is 8.24. The summed E-state index contributed by atoms with van der Waals surface area (Å²) in [6, 6.07) is 12.0. The number of anilines is 2. The number of nitrogens with zero attached hydrogens (tertiary/aromatic N) is 5. The molecule has 1 aliphatic heterocycles. The van der Waals surface area contributed by atoms with Gasteiger partial charge in [-0.05, 0) is 30.3 Å². The topological polar surface area (TPSA) is 108 Å². The zero-order valence-corrected chi connectivity index (χ0v) is 18.9. The Kier molecular flexibility index (Phi) is 4.63. The van der Waals surface area contributed by atoms with Gasteiger partial charge in [0.15, 0.2) is 17.1 Å². The molecule has 10 nitrogen and oxygen atoms in total.